The van der Waals surface area contributed by atoms with Gasteiger partial charge in [-0.3, -0.25) is 9.69 Å². The molecule has 0 saturated carbocycles. The zero-order valence-electron chi connectivity index (χ0n) is 17.8. The minimum Gasteiger partial charge on any atom is -0.335 e. The van der Waals surface area contributed by atoms with E-state index in [2.05, 4.69) is 15.0 Å². The molecule has 1 aliphatic heterocycles. The highest BCUT2D eigenvalue weighted by Gasteiger charge is 2.36. The first-order valence-electron chi connectivity index (χ1n) is 10.6. The van der Waals surface area contributed by atoms with Crippen molar-refractivity contribution in [3.63, 3.8) is 0 Å². The molecule has 0 N–H and O–H groups in total. The van der Waals surface area contributed by atoms with Crippen molar-refractivity contribution in [1.29, 1.82) is 0 Å². The number of carbonyl (C=O) groups is 1. The third-order valence-corrected chi connectivity index (χ3v) is 6.83. The minimum absolute atomic E-state index is 0.0112. The van der Waals surface area contributed by atoms with Crippen LogP contribution in [0.4, 0.5) is 13.2 Å². The fourth-order valence-corrected chi connectivity index (χ4v) is 4.76. The highest BCUT2D eigenvalue weighted by atomic mass is 35.5. The molecule has 0 atom stereocenters. The molecule has 4 heterocycles. The summed E-state index contributed by atoms with van der Waals surface area (Å²) < 4.78 is 42.0. The van der Waals surface area contributed by atoms with Crippen molar-refractivity contribution < 1.29 is 18.0 Å². The molecule has 5 rings (SSSR count). The van der Waals surface area contributed by atoms with Crippen LogP contribution < -0.4 is 0 Å². The summed E-state index contributed by atoms with van der Waals surface area (Å²) in [5.41, 5.74) is 0.296. The Morgan fingerprint density at radius 2 is 1.79 bits per heavy atom. The van der Waals surface area contributed by atoms with E-state index in [0.29, 0.717) is 40.6 Å². The first-order chi connectivity index (χ1) is 16.3. The predicted molar refractivity (Wildman–Crippen MR) is 124 cm³/mol. The van der Waals surface area contributed by atoms with Crippen LogP contribution in [0.25, 0.3) is 16.2 Å². The zero-order chi connectivity index (χ0) is 23.9. The van der Waals surface area contributed by atoms with E-state index in [0.717, 1.165) is 18.2 Å². The molecule has 1 aliphatic rings. The second-order valence-corrected chi connectivity index (χ2v) is 9.38. The van der Waals surface area contributed by atoms with Gasteiger partial charge in [0.15, 0.2) is 17.0 Å². The summed E-state index contributed by atoms with van der Waals surface area (Å²) in [6.07, 6.45) is -4.65. The first-order valence-corrected chi connectivity index (χ1v) is 11.8. The van der Waals surface area contributed by atoms with Gasteiger partial charge < -0.3 is 4.90 Å². The maximum Gasteiger partial charge on any atom is 0.433 e. The number of halogens is 4. The quantitative estimate of drug-likeness (QED) is 0.388. The molecule has 34 heavy (non-hydrogen) atoms. The Labute approximate surface area is 202 Å². The van der Waals surface area contributed by atoms with Crippen molar-refractivity contribution in [3.8, 4) is 10.6 Å². The van der Waals surface area contributed by atoms with Crippen molar-refractivity contribution in [3.05, 3.63) is 75.9 Å². The van der Waals surface area contributed by atoms with Gasteiger partial charge in [0.2, 0.25) is 0 Å². The number of hydrogen-bond donors (Lipinski definition) is 0. The number of alkyl halides is 3. The summed E-state index contributed by atoms with van der Waals surface area (Å²) in [6, 6.07) is 13.4. The van der Waals surface area contributed by atoms with Crippen molar-refractivity contribution in [2.45, 2.75) is 12.7 Å². The van der Waals surface area contributed by atoms with Crippen LogP contribution in [-0.2, 0) is 12.7 Å². The highest BCUT2D eigenvalue weighted by molar-refractivity contribution is 7.13. The molecule has 4 aromatic rings. The Morgan fingerprint density at radius 1 is 1.06 bits per heavy atom. The summed E-state index contributed by atoms with van der Waals surface area (Å²) in [7, 11) is 0. The van der Waals surface area contributed by atoms with Crippen LogP contribution in [-0.4, -0.2) is 56.5 Å². The van der Waals surface area contributed by atoms with E-state index in [-0.39, 0.29) is 17.0 Å². The van der Waals surface area contributed by atoms with Crippen LogP contribution in [0.1, 0.15) is 21.7 Å². The number of hydrogen-bond acceptors (Lipinski definition) is 5. The Hall–Kier alpha value is -2.95. The number of nitrogens with zero attached hydrogens (tertiary/aromatic N) is 5. The largest absolute Gasteiger partial charge is 0.433 e. The van der Waals surface area contributed by atoms with Gasteiger partial charge >= 0.3 is 6.18 Å². The van der Waals surface area contributed by atoms with E-state index in [9.17, 15) is 18.0 Å². The lowest BCUT2D eigenvalue weighted by Gasteiger charge is -2.34. The van der Waals surface area contributed by atoms with Crippen molar-refractivity contribution >= 4 is 34.5 Å². The van der Waals surface area contributed by atoms with Gasteiger partial charge in [-0.1, -0.05) is 29.8 Å². The third kappa shape index (κ3) is 4.66. The monoisotopic (exact) mass is 505 g/mol. The van der Waals surface area contributed by atoms with Crippen LogP contribution in [0, 0.1) is 0 Å². The number of fused-ring (bicyclic) bond motifs is 1. The van der Waals surface area contributed by atoms with E-state index >= 15 is 0 Å². The van der Waals surface area contributed by atoms with Crippen LogP contribution in [0.15, 0.2) is 53.9 Å². The summed E-state index contributed by atoms with van der Waals surface area (Å²) in [4.78, 5) is 21.8. The van der Waals surface area contributed by atoms with Crippen molar-refractivity contribution in [2.24, 2.45) is 0 Å². The smallest absolute Gasteiger partial charge is 0.335 e. The van der Waals surface area contributed by atoms with E-state index < -0.39 is 17.8 Å². The predicted octanol–water partition coefficient (Wildman–Crippen LogP) is 5.09. The Bertz CT molecular complexity index is 1310. The molecule has 0 bridgehead atoms. The fraction of sp³-hybridized carbons (Fsp3) is 0.261. The summed E-state index contributed by atoms with van der Waals surface area (Å²) in [6.45, 7) is 2.95. The van der Waals surface area contributed by atoms with Gasteiger partial charge in [-0.2, -0.15) is 18.3 Å². The number of aromatic nitrogens is 3. The lowest BCUT2D eigenvalue weighted by molar-refractivity contribution is -0.142. The first kappa shape index (κ1) is 22.8. The fourth-order valence-electron chi connectivity index (χ4n) is 3.95. The van der Waals surface area contributed by atoms with Crippen molar-refractivity contribution in [2.75, 3.05) is 26.2 Å². The van der Waals surface area contributed by atoms with E-state index in [1.54, 1.807) is 22.4 Å². The molecule has 0 radical (unpaired) electrons. The molecule has 1 fully saturated rings. The van der Waals surface area contributed by atoms with Gasteiger partial charge in [-0.15, -0.1) is 11.3 Å². The van der Waals surface area contributed by atoms with E-state index in [1.807, 2.05) is 24.3 Å². The third-order valence-electron chi connectivity index (χ3n) is 5.69. The lowest BCUT2D eigenvalue weighted by atomic mass is 10.2. The number of amides is 1. The van der Waals surface area contributed by atoms with Crippen LogP contribution in [0.5, 0.6) is 0 Å². The molecule has 176 valence electrons. The molecule has 0 spiro atoms. The van der Waals surface area contributed by atoms with Crippen LogP contribution in [0.2, 0.25) is 5.02 Å². The Morgan fingerprint density at radius 3 is 2.44 bits per heavy atom. The Kier molecular flexibility index (Phi) is 6.05. The number of thiophene rings is 1. The standard InChI is InChI=1S/C23H19ClF3N5OS/c24-16-5-3-15(4-6-16)14-30-7-9-31(10-8-30)22(33)18-13-21-28-17(19-2-1-11-34-19)12-20(23(25,26)27)32(21)29-18/h1-6,11-13H,7-10,14H2. The van der Waals surface area contributed by atoms with E-state index in [1.165, 1.54) is 17.4 Å². The Balaban J connectivity index is 1.35. The molecular weight excluding hydrogens is 487 g/mol. The maximum absolute atomic E-state index is 13.8. The van der Waals surface area contributed by atoms with Crippen LogP contribution in [0.3, 0.4) is 0 Å². The lowest BCUT2D eigenvalue weighted by Crippen LogP contribution is -2.48. The number of carbonyl (C=O) groups excluding carboxylic acids is 1. The molecular formula is C23H19ClF3N5OS. The molecule has 0 aliphatic carbocycles. The minimum atomic E-state index is -4.65. The number of piperazine rings is 1. The van der Waals surface area contributed by atoms with Crippen LogP contribution >= 0.6 is 22.9 Å². The normalized spacial score (nSPS) is 15.2. The molecule has 11 heteroatoms. The second-order valence-electron chi connectivity index (χ2n) is 8.00. The maximum atomic E-state index is 13.8. The average molecular weight is 506 g/mol. The number of benzene rings is 1. The SMILES string of the molecule is O=C(c1cc2nc(-c3cccs3)cc(C(F)(F)F)n2n1)N1CCN(Cc2ccc(Cl)cc2)CC1. The second kappa shape index (κ2) is 9.01. The van der Waals surface area contributed by atoms with Gasteiger partial charge in [0, 0.05) is 43.8 Å². The molecule has 1 saturated heterocycles. The van der Waals surface area contributed by atoms with Gasteiger partial charge in [0.1, 0.15) is 0 Å². The van der Waals surface area contributed by atoms with Gasteiger partial charge in [-0.05, 0) is 35.2 Å². The molecule has 3 aromatic heterocycles. The topological polar surface area (TPSA) is 53.7 Å². The zero-order valence-corrected chi connectivity index (χ0v) is 19.4. The molecule has 0 unspecified atom stereocenters. The summed E-state index contributed by atoms with van der Waals surface area (Å²) in [5, 5.41) is 6.44. The van der Waals surface area contributed by atoms with Crippen molar-refractivity contribution in [1.82, 2.24) is 24.4 Å². The van der Waals surface area contributed by atoms with E-state index in [4.69, 9.17) is 11.6 Å². The van der Waals surface area contributed by atoms with Gasteiger partial charge in [0.05, 0.1) is 10.6 Å². The highest BCUT2D eigenvalue weighted by Crippen LogP contribution is 2.33. The number of rotatable bonds is 4. The molecule has 6 nitrogen and oxygen atoms in total. The summed E-state index contributed by atoms with van der Waals surface area (Å²) >= 11 is 7.23. The molecule has 1 aromatic carbocycles. The van der Waals surface area contributed by atoms with Gasteiger partial charge in [-0.25, -0.2) is 9.50 Å². The van der Waals surface area contributed by atoms with Gasteiger partial charge in [0.25, 0.3) is 5.91 Å². The average Bonchev–Trinajstić information content (AvgIpc) is 3.49. The molecule has 1 amide bonds. The summed E-state index contributed by atoms with van der Waals surface area (Å²) in [5.74, 6) is -0.401.